The largest absolute Gasteiger partial charge is 0.508 e. The molecule has 0 fully saturated rings. The number of phenols is 2. The number of hydrogen-bond acceptors (Lipinski definition) is 5. The molecule has 4 nitrogen and oxygen atoms in total. The lowest BCUT2D eigenvalue weighted by Gasteiger charge is -1.97. The van der Waals surface area contributed by atoms with Crippen LogP contribution in [0.4, 0.5) is 5.13 Å². The third kappa shape index (κ3) is 2.48. The molecule has 1 aromatic heterocycles. The van der Waals surface area contributed by atoms with Crippen LogP contribution in [0, 0.1) is 6.92 Å². The van der Waals surface area contributed by atoms with Crippen LogP contribution in [0.15, 0.2) is 41.4 Å². The van der Waals surface area contributed by atoms with Crippen LogP contribution in [0.3, 0.4) is 0 Å². The van der Waals surface area contributed by atoms with Gasteiger partial charge in [0.25, 0.3) is 0 Å². The van der Waals surface area contributed by atoms with E-state index >= 15 is 0 Å². The third-order valence-corrected chi connectivity index (χ3v) is 3.79. The molecule has 0 saturated carbocycles. The summed E-state index contributed by atoms with van der Waals surface area (Å²) in [7, 11) is 0. The number of rotatable bonds is 2. The van der Waals surface area contributed by atoms with E-state index in [1.54, 1.807) is 12.3 Å². The number of aliphatic imine (C=N–C) groups is 1. The van der Waals surface area contributed by atoms with Crippen molar-refractivity contribution in [2.45, 2.75) is 6.92 Å². The number of aromatic hydroxyl groups is 2. The minimum atomic E-state index is -0.00861. The molecule has 0 spiro atoms. The predicted octanol–water partition coefficient (Wildman–Crippen LogP) is 3.77. The summed E-state index contributed by atoms with van der Waals surface area (Å²) in [5.74, 6) is 0.0146. The van der Waals surface area contributed by atoms with E-state index in [0.717, 1.165) is 10.2 Å². The molecule has 0 atom stereocenters. The highest BCUT2D eigenvalue weighted by Crippen LogP contribution is 2.29. The fraction of sp³-hybridized carbons (Fsp3) is 0.0667. The molecule has 5 heteroatoms. The Morgan fingerprint density at radius 2 is 2.00 bits per heavy atom. The van der Waals surface area contributed by atoms with Crippen LogP contribution in [-0.2, 0) is 0 Å². The smallest absolute Gasteiger partial charge is 0.210 e. The molecule has 2 aromatic carbocycles. The van der Waals surface area contributed by atoms with Gasteiger partial charge in [-0.05, 0) is 36.8 Å². The van der Waals surface area contributed by atoms with Gasteiger partial charge in [0.1, 0.15) is 11.5 Å². The number of aryl methyl sites for hydroxylation is 1. The highest BCUT2D eigenvalue weighted by Gasteiger charge is 2.03. The lowest BCUT2D eigenvalue weighted by Crippen LogP contribution is -1.81. The Hall–Kier alpha value is -2.40. The molecule has 3 rings (SSSR count). The first-order valence-electron chi connectivity index (χ1n) is 6.05. The Morgan fingerprint density at radius 1 is 1.15 bits per heavy atom. The molecule has 0 radical (unpaired) electrons. The molecule has 3 aromatic rings. The first kappa shape index (κ1) is 12.6. The van der Waals surface area contributed by atoms with Crippen molar-refractivity contribution in [1.82, 2.24) is 4.98 Å². The summed E-state index contributed by atoms with van der Waals surface area (Å²) in [5, 5.41) is 19.5. The number of phenolic OH excluding ortho intramolecular Hbond substituents is 2. The van der Waals surface area contributed by atoms with Crippen molar-refractivity contribution in [3.05, 3.63) is 47.5 Å². The van der Waals surface area contributed by atoms with Gasteiger partial charge in [0, 0.05) is 17.8 Å². The Bertz CT molecular complexity index is 809. The Balaban J connectivity index is 1.94. The van der Waals surface area contributed by atoms with Crippen LogP contribution in [0.2, 0.25) is 0 Å². The van der Waals surface area contributed by atoms with Gasteiger partial charge in [-0.1, -0.05) is 17.4 Å². The van der Waals surface area contributed by atoms with E-state index in [4.69, 9.17) is 0 Å². The van der Waals surface area contributed by atoms with Crippen molar-refractivity contribution in [2.24, 2.45) is 4.99 Å². The van der Waals surface area contributed by atoms with Gasteiger partial charge >= 0.3 is 0 Å². The van der Waals surface area contributed by atoms with E-state index in [0.29, 0.717) is 10.7 Å². The molecule has 20 heavy (non-hydrogen) atoms. The number of thiazole rings is 1. The van der Waals surface area contributed by atoms with Crippen LogP contribution in [0.1, 0.15) is 11.1 Å². The second-order valence-electron chi connectivity index (χ2n) is 4.47. The maximum Gasteiger partial charge on any atom is 0.210 e. The molecule has 0 amide bonds. The molecular weight excluding hydrogens is 272 g/mol. The maximum absolute atomic E-state index is 9.68. The highest BCUT2D eigenvalue weighted by atomic mass is 32.1. The number of benzene rings is 2. The molecule has 2 N–H and O–H groups in total. The van der Waals surface area contributed by atoms with Gasteiger partial charge in [-0.3, -0.25) is 0 Å². The van der Waals surface area contributed by atoms with Gasteiger partial charge in [-0.15, -0.1) is 0 Å². The second kappa shape index (κ2) is 4.94. The van der Waals surface area contributed by atoms with Crippen molar-refractivity contribution in [3.63, 3.8) is 0 Å². The van der Waals surface area contributed by atoms with E-state index in [2.05, 4.69) is 16.0 Å². The van der Waals surface area contributed by atoms with E-state index in [9.17, 15) is 10.2 Å². The average Bonchev–Trinajstić information content (AvgIpc) is 2.79. The van der Waals surface area contributed by atoms with Crippen LogP contribution in [0.25, 0.3) is 10.2 Å². The number of hydrogen-bond donors (Lipinski definition) is 2. The molecule has 0 aliphatic heterocycles. The maximum atomic E-state index is 9.68. The molecule has 0 saturated heterocycles. The van der Waals surface area contributed by atoms with Gasteiger partial charge < -0.3 is 10.2 Å². The van der Waals surface area contributed by atoms with E-state index < -0.39 is 0 Å². The van der Waals surface area contributed by atoms with Crippen molar-refractivity contribution < 1.29 is 10.2 Å². The van der Waals surface area contributed by atoms with Gasteiger partial charge in [-0.2, -0.15) is 0 Å². The van der Waals surface area contributed by atoms with Crippen LogP contribution in [0.5, 0.6) is 11.5 Å². The zero-order valence-electron chi connectivity index (χ0n) is 10.7. The number of aromatic nitrogens is 1. The summed E-state index contributed by atoms with van der Waals surface area (Å²) in [6, 6.07) is 10.4. The lowest BCUT2D eigenvalue weighted by atomic mass is 10.2. The minimum absolute atomic E-state index is 0.00861. The normalized spacial score (nSPS) is 11.4. The SMILES string of the molecule is Cc1ccc2nc(/N=C/c3ccc(O)cc3O)sc2c1. The topological polar surface area (TPSA) is 65.7 Å². The van der Waals surface area contributed by atoms with Crippen molar-refractivity contribution in [3.8, 4) is 11.5 Å². The second-order valence-corrected chi connectivity index (χ2v) is 5.48. The van der Waals surface area contributed by atoms with Crippen LogP contribution >= 0.6 is 11.3 Å². The summed E-state index contributed by atoms with van der Waals surface area (Å²) in [6.45, 7) is 2.04. The highest BCUT2D eigenvalue weighted by molar-refractivity contribution is 7.22. The first-order valence-corrected chi connectivity index (χ1v) is 6.87. The standard InChI is InChI=1S/C15H12N2O2S/c1-9-2-5-12-14(6-9)20-15(17-12)16-8-10-3-4-11(18)7-13(10)19/h2-8,18-19H,1H3/b16-8+. The zero-order chi connectivity index (χ0) is 14.1. The zero-order valence-corrected chi connectivity index (χ0v) is 11.6. The fourth-order valence-corrected chi connectivity index (χ4v) is 2.75. The quantitative estimate of drug-likeness (QED) is 0.704. The van der Waals surface area contributed by atoms with Gasteiger partial charge in [0.05, 0.1) is 10.2 Å². The van der Waals surface area contributed by atoms with E-state index in [1.807, 2.05) is 19.1 Å². The van der Waals surface area contributed by atoms with Crippen LogP contribution < -0.4 is 0 Å². The van der Waals surface area contributed by atoms with Crippen molar-refractivity contribution in [2.75, 3.05) is 0 Å². The Labute approximate surface area is 119 Å². The van der Waals surface area contributed by atoms with Gasteiger partial charge in [0.2, 0.25) is 5.13 Å². The van der Waals surface area contributed by atoms with E-state index in [-0.39, 0.29) is 11.5 Å². The van der Waals surface area contributed by atoms with Crippen molar-refractivity contribution >= 4 is 32.9 Å². The molecule has 0 bridgehead atoms. The third-order valence-electron chi connectivity index (χ3n) is 2.86. The van der Waals surface area contributed by atoms with Crippen LogP contribution in [-0.4, -0.2) is 21.4 Å². The molecule has 1 heterocycles. The first-order chi connectivity index (χ1) is 9.61. The fourth-order valence-electron chi connectivity index (χ4n) is 1.84. The summed E-state index contributed by atoms with van der Waals surface area (Å²) in [5.41, 5.74) is 2.65. The summed E-state index contributed by atoms with van der Waals surface area (Å²) in [4.78, 5) is 8.68. The average molecular weight is 284 g/mol. The molecule has 100 valence electrons. The Morgan fingerprint density at radius 3 is 2.80 bits per heavy atom. The summed E-state index contributed by atoms with van der Waals surface area (Å²) < 4.78 is 1.09. The monoisotopic (exact) mass is 284 g/mol. The Kier molecular flexibility index (Phi) is 3.12. The minimum Gasteiger partial charge on any atom is -0.508 e. The van der Waals surface area contributed by atoms with E-state index in [1.165, 1.54) is 29.0 Å². The molecule has 0 aliphatic rings. The van der Waals surface area contributed by atoms with Gasteiger partial charge in [0.15, 0.2) is 0 Å². The molecule has 0 unspecified atom stereocenters. The molecular formula is C15H12N2O2S. The number of fused-ring (bicyclic) bond motifs is 1. The van der Waals surface area contributed by atoms with Crippen molar-refractivity contribution in [1.29, 1.82) is 0 Å². The molecule has 0 aliphatic carbocycles. The number of nitrogens with zero attached hydrogens (tertiary/aromatic N) is 2. The summed E-state index contributed by atoms with van der Waals surface area (Å²) in [6.07, 6.45) is 1.54. The summed E-state index contributed by atoms with van der Waals surface area (Å²) >= 11 is 1.50. The van der Waals surface area contributed by atoms with Gasteiger partial charge in [-0.25, -0.2) is 9.98 Å². The predicted molar refractivity (Wildman–Crippen MR) is 81.4 cm³/mol. The lowest BCUT2D eigenvalue weighted by molar-refractivity contribution is 0.450.